The van der Waals surface area contributed by atoms with Crippen molar-refractivity contribution in [3.63, 3.8) is 0 Å². The molecule has 0 unspecified atom stereocenters. The summed E-state index contributed by atoms with van der Waals surface area (Å²) >= 11 is 0. The number of fused-ring (bicyclic) bond motifs is 1. The van der Waals surface area contributed by atoms with E-state index in [9.17, 15) is 4.79 Å². The Morgan fingerprint density at radius 2 is 1.69 bits per heavy atom. The van der Waals surface area contributed by atoms with Crippen molar-refractivity contribution in [3.8, 4) is 0 Å². The summed E-state index contributed by atoms with van der Waals surface area (Å²) in [5, 5.41) is 6.40. The zero-order chi connectivity index (χ0) is 17.8. The highest BCUT2D eigenvalue weighted by molar-refractivity contribution is 5.98. The molecular weight excluding hydrogens is 324 g/mol. The van der Waals surface area contributed by atoms with Crippen LogP contribution in [0.5, 0.6) is 0 Å². The van der Waals surface area contributed by atoms with E-state index in [2.05, 4.69) is 32.7 Å². The molecule has 1 aliphatic rings. The van der Waals surface area contributed by atoms with Crippen LogP contribution >= 0.6 is 0 Å². The van der Waals surface area contributed by atoms with E-state index in [1.165, 1.54) is 11.1 Å². The van der Waals surface area contributed by atoms with Gasteiger partial charge in [0, 0.05) is 31.2 Å². The van der Waals surface area contributed by atoms with Gasteiger partial charge < -0.3 is 10.6 Å². The summed E-state index contributed by atoms with van der Waals surface area (Å²) in [4.78, 5) is 21.1. The number of hydrogen-bond acceptors (Lipinski definition) is 4. The summed E-state index contributed by atoms with van der Waals surface area (Å²) in [6.45, 7) is 0.592. The molecule has 0 fully saturated rings. The van der Waals surface area contributed by atoms with E-state index in [-0.39, 0.29) is 11.9 Å². The summed E-state index contributed by atoms with van der Waals surface area (Å²) in [5.41, 5.74) is 4.29. The second-order valence-electron chi connectivity index (χ2n) is 6.46. The van der Waals surface area contributed by atoms with Crippen molar-refractivity contribution < 1.29 is 4.79 Å². The molecule has 0 atom stereocenters. The third-order valence-electron chi connectivity index (χ3n) is 4.65. The number of rotatable bonds is 5. The number of carbonyl (C=O) groups excluding carboxylic acids is 1. The van der Waals surface area contributed by atoms with Crippen molar-refractivity contribution >= 4 is 11.7 Å². The quantitative estimate of drug-likeness (QED) is 0.747. The first-order valence-electron chi connectivity index (χ1n) is 8.75. The van der Waals surface area contributed by atoms with E-state index in [0.29, 0.717) is 17.9 Å². The Labute approximate surface area is 152 Å². The Balaban J connectivity index is 1.43. The van der Waals surface area contributed by atoms with Crippen molar-refractivity contribution in [2.45, 2.75) is 25.4 Å². The van der Waals surface area contributed by atoms with E-state index >= 15 is 0 Å². The van der Waals surface area contributed by atoms with Gasteiger partial charge in [-0.25, -0.2) is 4.98 Å². The summed E-state index contributed by atoms with van der Waals surface area (Å²) in [6.07, 6.45) is 6.95. The first kappa shape index (κ1) is 16.3. The van der Waals surface area contributed by atoms with Gasteiger partial charge in [0.15, 0.2) is 0 Å². The lowest BCUT2D eigenvalue weighted by Gasteiger charge is -2.15. The van der Waals surface area contributed by atoms with Crippen LogP contribution in [0.2, 0.25) is 0 Å². The van der Waals surface area contributed by atoms with Gasteiger partial charge in [0.05, 0.1) is 5.56 Å². The van der Waals surface area contributed by atoms with Crippen LogP contribution in [0, 0.1) is 0 Å². The Morgan fingerprint density at radius 1 is 0.962 bits per heavy atom. The van der Waals surface area contributed by atoms with E-state index in [1.807, 2.05) is 24.3 Å². The standard InChI is InChI=1S/C21H20N4O/c26-21(25-18-12-16-4-1-2-5-17(16)13-18)19-6-3-9-23-20(19)24-14-15-7-10-22-11-8-15/h1-11,18H,12-14H2,(H,23,24)(H,25,26). The summed E-state index contributed by atoms with van der Waals surface area (Å²) < 4.78 is 0. The van der Waals surface area contributed by atoms with E-state index < -0.39 is 0 Å². The van der Waals surface area contributed by atoms with E-state index in [0.717, 1.165) is 18.4 Å². The number of benzene rings is 1. The van der Waals surface area contributed by atoms with Gasteiger partial charge in [0.1, 0.15) is 5.82 Å². The van der Waals surface area contributed by atoms with Gasteiger partial charge in [-0.1, -0.05) is 24.3 Å². The molecule has 5 nitrogen and oxygen atoms in total. The largest absolute Gasteiger partial charge is 0.365 e. The van der Waals surface area contributed by atoms with Gasteiger partial charge >= 0.3 is 0 Å². The number of nitrogens with zero attached hydrogens (tertiary/aromatic N) is 2. The van der Waals surface area contributed by atoms with E-state index in [4.69, 9.17) is 0 Å². The molecule has 2 N–H and O–H groups in total. The van der Waals surface area contributed by atoms with Crippen molar-refractivity contribution in [2.24, 2.45) is 0 Å². The molecule has 0 bridgehead atoms. The lowest BCUT2D eigenvalue weighted by Crippen LogP contribution is -2.35. The second kappa shape index (κ2) is 7.35. The number of anilines is 1. The molecule has 1 amide bonds. The highest BCUT2D eigenvalue weighted by atomic mass is 16.1. The number of aromatic nitrogens is 2. The van der Waals surface area contributed by atoms with Gasteiger partial charge in [-0.05, 0) is 53.8 Å². The lowest BCUT2D eigenvalue weighted by atomic mass is 10.1. The molecule has 26 heavy (non-hydrogen) atoms. The fourth-order valence-electron chi connectivity index (χ4n) is 3.34. The molecular formula is C21H20N4O. The Morgan fingerprint density at radius 3 is 2.42 bits per heavy atom. The average molecular weight is 344 g/mol. The van der Waals surface area contributed by atoms with Crippen LogP contribution in [-0.4, -0.2) is 21.9 Å². The first-order chi connectivity index (χ1) is 12.8. The fourth-order valence-corrected chi connectivity index (χ4v) is 3.34. The van der Waals surface area contributed by atoms with Crippen molar-refractivity contribution in [2.75, 3.05) is 5.32 Å². The number of nitrogens with one attached hydrogen (secondary N) is 2. The molecule has 1 aliphatic carbocycles. The number of hydrogen-bond donors (Lipinski definition) is 2. The van der Waals surface area contributed by atoms with Crippen LogP contribution in [0.25, 0.3) is 0 Å². The molecule has 130 valence electrons. The van der Waals surface area contributed by atoms with Crippen LogP contribution in [0.4, 0.5) is 5.82 Å². The second-order valence-corrected chi connectivity index (χ2v) is 6.46. The van der Waals surface area contributed by atoms with Crippen LogP contribution in [0.3, 0.4) is 0 Å². The first-order valence-corrected chi connectivity index (χ1v) is 8.75. The van der Waals surface area contributed by atoms with Gasteiger partial charge in [-0.2, -0.15) is 0 Å². The summed E-state index contributed by atoms with van der Waals surface area (Å²) in [6, 6.07) is 16.0. The minimum atomic E-state index is -0.0897. The monoisotopic (exact) mass is 344 g/mol. The van der Waals surface area contributed by atoms with E-state index in [1.54, 1.807) is 30.7 Å². The smallest absolute Gasteiger partial charge is 0.255 e. The topological polar surface area (TPSA) is 66.9 Å². The molecule has 1 aromatic carbocycles. The zero-order valence-corrected chi connectivity index (χ0v) is 14.4. The number of amides is 1. The van der Waals surface area contributed by atoms with Crippen LogP contribution < -0.4 is 10.6 Å². The van der Waals surface area contributed by atoms with Crippen molar-refractivity contribution in [1.82, 2.24) is 15.3 Å². The van der Waals surface area contributed by atoms with Gasteiger partial charge in [0.25, 0.3) is 5.91 Å². The highest BCUT2D eigenvalue weighted by Gasteiger charge is 2.23. The maximum atomic E-state index is 12.8. The predicted octanol–water partition coefficient (Wildman–Crippen LogP) is 2.99. The van der Waals surface area contributed by atoms with Crippen LogP contribution in [0.15, 0.2) is 67.1 Å². The normalized spacial score (nSPS) is 13.2. The predicted molar refractivity (Wildman–Crippen MR) is 101 cm³/mol. The number of carbonyl (C=O) groups is 1. The minimum absolute atomic E-state index is 0.0897. The SMILES string of the molecule is O=C(NC1Cc2ccccc2C1)c1cccnc1NCc1ccncc1. The molecule has 3 aromatic rings. The van der Waals surface area contributed by atoms with Crippen molar-refractivity contribution in [1.29, 1.82) is 0 Å². The lowest BCUT2D eigenvalue weighted by molar-refractivity contribution is 0.0939. The minimum Gasteiger partial charge on any atom is -0.365 e. The van der Waals surface area contributed by atoms with Gasteiger partial charge in [-0.3, -0.25) is 9.78 Å². The molecule has 5 heteroatoms. The van der Waals surface area contributed by atoms with Crippen molar-refractivity contribution in [3.05, 3.63) is 89.4 Å². The Kier molecular flexibility index (Phi) is 4.60. The van der Waals surface area contributed by atoms with Crippen LogP contribution in [0.1, 0.15) is 27.0 Å². The molecule has 0 saturated carbocycles. The average Bonchev–Trinajstić information content (AvgIpc) is 3.09. The molecule has 4 rings (SSSR count). The number of pyridine rings is 2. The molecule has 2 aromatic heterocycles. The molecule has 0 aliphatic heterocycles. The molecule has 0 saturated heterocycles. The third kappa shape index (κ3) is 3.57. The third-order valence-corrected chi connectivity index (χ3v) is 4.65. The molecule has 0 radical (unpaired) electrons. The maximum absolute atomic E-state index is 12.8. The Bertz CT molecular complexity index is 886. The molecule has 2 heterocycles. The van der Waals surface area contributed by atoms with Crippen LogP contribution in [-0.2, 0) is 19.4 Å². The van der Waals surface area contributed by atoms with Gasteiger partial charge in [-0.15, -0.1) is 0 Å². The fraction of sp³-hybridized carbons (Fsp3) is 0.190. The summed E-state index contributed by atoms with van der Waals surface area (Å²) in [5.74, 6) is 0.505. The highest BCUT2D eigenvalue weighted by Crippen LogP contribution is 2.22. The summed E-state index contributed by atoms with van der Waals surface area (Å²) in [7, 11) is 0. The zero-order valence-electron chi connectivity index (χ0n) is 14.4. The molecule has 0 spiro atoms. The Hall–Kier alpha value is -3.21. The maximum Gasteiger partial charge on any atom is 0.255 e. The van der Waals surface area contributed by atoms with Gasteiger partial charge in [0.2, 0.25) is 0 Å².